The molecule has 1 unspecified atom stereocenters. The Bertz CT molecular complexity index is 931. The summed E-state index contributed by atoms with van der Waals surface area (Å²) in [6, 6.07) is 7.63. The van der Waals surface area contributed by atoms with Crippen LogP contribution in [0.5, 0.6) is 0 Å². The van der Waals surface area contributed by atoms with E-state index in [1.807, 2.05) is 0 Å². The molecule has 1 aliphatic rings. The van der Waals surface area contributed by atoms with Crippen LogP contribution < -0.4 is 16.6 Å². The Labute approximate surface area is 153 Å². The van der Waals surface area contributed by atoms with Gasteiger partial charge in [-0.1, -0.05) is 6.07 Å². The van der Waals surface area contributed by atoms with Crippen molar-refractivity contribution < 1.29 is 18.4 Å². The number of hydrogen-bond donors (Lipinski definition) is 2. The zero-order chi connectivity index (χ0) is 19.6. The Morgan fingerprint density at radius 3 is 2.70 bits per heavy atom. The number of rotatable bonds is 5. The lowest BCUT2D eigenvalue weighted by atomic mass is 10.2. The van der Waals surface area contributed by atoms with Crippen LogP contribution in [0.4, 0.5) is 14.5 Å². The van der Waals surface area contributed by atoms with Crippen LogP contribution in [0.3, 0.4) is 0 Å². The number of pyridine rings is 1. The molecule has 3 N–H and O–H groups in total. The number of nitrogens with one attached hydrogen (secondary N) is 1. The van der Waals surface area contributed by atoms with Crippen molar-refractivity contribution in [2.45, 2.75) is 18.6 Å². The first-order valence-corrected chi connectivity index (χ1v) is 8.30. The summed E-state index contributed by atoms with van der Waals surface area (Å²) >= 11 is 0. The third-order valence-corrected chi connectivity index (χ3v) is 4.35. The number of hydrogen-bond acceptors (Lipinski definition) is 4. The molecule has 1 aromatic heterocycles. The lowest BCUT2D eigenvalue weighted by molar-refractivity contribution is -0.123. The van der Waals surface area contributed by atoms with Gasteiger partial charge in [-0.25, -0.2) is 8.78 Å². The zero-order valence-corrected chi connectivity index (χ0v) is 14.3. The van der Waals surface area contributed by atoms with Gasteiger partial charge in [0.05, 0.1) is 24.0 Å². The fourth-order valence-electron chi connectivity index (χ4n) is 3.09. The average Bonchev–Trinajstić information content (AvgIpc) is 2.97. The molecule has 27 heavy (non-hydrogen) atoms. The number of carbonyl (C=O) groups is 2. The zero-order valence-electron chi connectivity index (χ0n) is 14.3. The van der Waals surface area contributed by atoms with Crippen molar-refractivity contribution in [1.29, 1.82) is 0 Å². The highest BCUT2D eigenvalue weighted by Gasteiger charge is 2.36. The smallest absolute Gasteiger partial charge is 0.255 e. The van der Waals surface area contributed by atoms with E-state index >= 15 is 0 Å². The lowest BCUT2D eigenvalue weighted by Crippen LogP contribution is -2.44. The molecule has 0 spiro atoms. The first-order valence-electron chi connectivity index (χ1n) is 8.30. The van der Waals surface area contributed by atoms with Crippen LogP contribution in [0.15, 0.2) is 47.4 Å². The summed E-state index contributed by atoms with van der Waals surface area (Å²) in [4.78, 5) is 36.6. The third-order valence-electron chi connectivity index (χ3n) is 4.35. The highest BCUT2D eigenvalue weighted by atomic mass is 19.1. The molecule has 1 aliphatic heterocycles. The van der Waals surface area contributed by atoms with E-state index in [-0.39, 0.29) is 30.8 Å². The summed E-state index contributed by atoms with van der Waals surface area (Å²) in [5.41, 5.74) is 5.13. The van der Waals surface area contributed by atoms with Gasteiger partial charge in [0.2, 0.25) is 11.8 Å². The van der Waals surface area contributed by atoms with Crippen LogP contribution >= 0.6 is 0 Å². The fourth-order valence-corrected chi connectivity index (χ4v) is 3.09. The molecule has 0 bridgehead atoms. The quantitative estimate of drug-likeness (QED) is 0.807. The third kappa shape index (κ3) is 4.20. The number of carbonyl (C=O) groups excluding carboxylic acids is 2. The molecule has 1 saturated heterocycles. The number of alkyl halides is 1. The topological polar surface area (TPSA) is 97.4 Å². The minimum Gasteiger partial charge on any atom is -0.368 e. The van der Waals surface area contributed by atoms with Gasteiger partial charge in [-0.2, -0.15) is 0 Å². The highest BCUT2D eigenvalue weighted by molar-refractivity contribution is 5.93. The number of halogens is 2. The van der Waals surface area contributed by atoms with Crippen LogP contribution in [0.2, 0.25) is 0 Å². The van der Waals surface area contributed by atoms with Crippen molar-refractivity contribution in [2.75, 3.05) is 18.4 Å². The van der Waals surface area contributed by atoms with Crippen LogP contribution in [0, 0.1) is 5.82 Å². The molecule has 2 amide bonds. The number of primary amides is 1. The molecule has 2 heterocycles. The Kier molecular flexibility index (Phi) is 5.31. The lowest BCUT2D eigenvalue weighted by Gasteiger charge is -2.20. The second kappa shape index (κ2) is 7.67. The van der Waals surface area contributed by atoms with Crippen LogP contribution in [0.25, 0.3) is 5.69 Å². The predicted octanol–water partition coefficient (Wildman–Crippen LogP) is 0.813. The predicted molar refractivity (Wildman–Crippen MR) is 94.7 cm³/mol. The van der Waals surface area contributed by atoms with Crippen LogP contribution in [-0.4, -0.2) is 46.6 Å². The number of amides is 2. The molecule has 0 radical (unpaired) electrons. The second-order valence-corrected chi connectivity index (χ2v) is 6.30. The molecule has 9 heteroatoms. The van der Waals surface area contributed by atoms with Gasteiger partial charge in [-0.15, -0.1) is 0 Å². The maximum atomic E-state index is 14.3. The van der Waals surface area contributed by atoms with Crippen molar-refractivity contribution in [3.63, 3.8) is 0 Å². The molecule has 1 aromatic carbocycles. The monoisotopic (exact) mass is 376 g/mol. The van der Waals surface area contributed by atoms with Gasteiger partial charge in [-0.3, -0.25) is 23.9 Å². The number of nitrogens with two attached hydrogens (primary N) is 1. The van der Waals surface area contributed by atoms with E-state index in [0.717, 1.165) is 6.07 Å². The first-order chi connectivity index (χ1) is 12.8. The average molecular weight is 376 g/mol. The number of nitrogens with zero attached hydrogens (tertiary/aromatic N) is 2. The molecule has 0 aliphatic carbocycles. The van der Waals surface area contributed by atoms with Crippen LogP contribution in [0.1, 0.15) is 6.42 Å². The van der Waals surface area contributed by atoms with Gasteiger partial charge >= 0.3 is 0 Å². The Morgan fingerprint density at radius 1 is 1.26 bits per heavy atom. The molecular weight excluding hydrogens is 358 g/mol. The fraction of sp³-hybridized carbons (Fsp3) is 0.278. The molecular formula is C18H18F2N4O3. The molecule has 3 rings (SSSR count). The van der Waals surface area contributed by atoms with Crippen LogP contribution in [-0.2, 0) is 9.59 Å². The SMILES string of the molecule is NC(=O)C1C[C@H](F)CN1CC(=O)Nc1ccc(-n2ccccc2=O)cc1F. The van der Waals surface area contributed by atoms with E-state index in [9.17, 15) is 23.2 Å². The van der Waals surface area contributed by atoms with E-state index in [1.165, 1.54) is 33.9 Å². The van der Waals surface area contributed by atoms with E-state index < -0.39 is 29.8 Å². The summed E-state index contributed by atoms with van der Waals surface area (Å²) in [6.45, 7) is -0.368. The molecule has 142 valence electrons. The molecule has 7 nitrogen and oxygen atoms in total. The van der Waals surface area contributed by atoms with Gasteiger partial charge in [0.1, 0.15) is 12.0 Å². The van der Waals surface area contributed by atoms with E-state index in [2.05, 4.69) is 5.32 Å². The standard InChI is InChI=1S/C18H18F2N4O3/c19-11-7-15(18(21)27)23(9-11)10-16(25)22-14-5-4-12(8-13(14)20)24-6-2-1-3-17(24)26/h1-6,8,11,15H,7,9-10H2,(H2,21,27)(H,22,25)/t11-,15?/m0/s1. The Morgan fingerprint density at radius 2 is 2.04 bits per heavy atom. The molecule has 2 atom stereocenters. The Hall–Kier alpha value is -3.07. The number of benzene rings is 1. The van der Waals surface area contributed by atoms with Gasteiger partial charge in [0.15, 0.2) is 0 Å². The summed E-state index contributed by atoms with van der Waals surface area (Å²) in [6.07, 6.45) is 0.202. The normalized spacial score (nSPS) is 19.8. The minimum atomic E-state index is -1.24. The molecule has 1 fully saturated rings. The maximum Gasteiger partial charge on any atom is 0.255 e. The van der Waals surface area contributed by atoms with Crippen molar-refractivity contribution >= 4 is 17.5 Å². The minimum absolute atomic E-state index is 0.0580. The second-order valence-electron chi connectivity index (χ2n) is 6.30. The van der Waals surface area contributed by atoms with Gasteiger partial charge in [0, 0.05) is 31.3 Å². The van der Waals surface area contributed by atoms with Crippen molar-refractivity contribution in [3.8, 4) is 5.69 Å². The summed E-state index contributed by atoms with van der Waals surface area (Å²) in [5.74, 6) is -2.03. The Balaban J connectivity index is 1.71. The maximum absolute atomic E-state index is 14.3. The van der Waals surface area contributed by atoms with Gasteiger partial charge in [-0.05, 0) is 18.2 Å². The van der Waals surface area contributed by atoms with E-state index in [1.54, 1.807) is 12.1 Å². The summed E-state index contributed by atoms with van der Waals surface area (Å²) in [5, 5.41) is 2.39. The van der Waals surface area contributed by atoms with E-state index in [4.69, 9.17) is 5.73 Å². The first kappa shape index (κ1) is 18.7. The largest absolute Gasteiger partial charge is 0.368 e. The molecule has 0 saturated carbocycles. The summed E-state index contributed by atoms with van der Waals surface area (Å²) in [7, 11) is 0. The highest BCUT2D eigenvalue weighted by Crippen LogP contribution is 2.21. The van der Waals surface area contributed by atoms with Gasteiger partial charge < -0.3 is 11.1 Å². The van der Waals surface area contributed by atoms with Crippen molar-refractivity contribution in [1.82, 2.24) is 9.47 Å². The molecule has 2 aromatic rings. The van der Waals surface area contributed by atoms with Crippen molar-refractivity contribution in [3.05, 3.63) is 58.8 Å². The van der Waals surface area contributed by atoms with Gasteiger partial charge in [0.25, 0.3) is 5.56 Å². The number of likely N-dealkylation sites (tertiary alicyclic amines) is 1. The van der Waals surface area contributed by atoms with Crippen molar-refractivity contribution in [2.24, 2.45) is 5.73 Å². The van der Waals surface area contributed by atoms with E-state index in [0.29, 0.717) is 5.69 Å². The number of anilines is 1. The summed E-state index contributed by atoms with van der Waals surface area (Å²) < 4.78 is 29.1. The number of aromatic nitrogens is 1.